The molecule has 0 aliphatic carbocycles. The van der Waals surface area contributed by atoms with Crippen molar-refractivity contribution in [3.8, 4) is 17.5 Å². The zero-order valence-corrected chi connectivity index (χ0v) is 12.4. The lowest BCUT2D eigenvalue weighted by Gasteiger charge is -2.03. The monoisotopic (exact) mass is 309 g/mol. The van der Waals surface area contributed by atoms with Crippen molar-refractivity contribution in [3.05, 3.63) is 46.5 Å². The van der Waals surface area contributed by atoms with Gasteiger partial charge in [0.25, 0.3) is 0 Å². The molecule has 7 nitrogen and oxygen atoms in total. The minimum atomic E-state index is 0.489. The summed E-state index contributed by atoms with van der Waals surface area (Å²) in [6.45, 7) is 1.90. The predicted octanol–water partition coefficient (Wildman–Crippen LogP) is 2.61. The van der Waals surface area contributed by atoms with Crippen LogP contribution < -0.4 is 5.32 Å². The highest BCUT2D eigenvalue weighted by Gasteiger charge is 2.06. The molecule has 0 aliphatic rings. The third-order valence-electron chi connectivity index (χ3n) is 2.82. The van der Waals surface area contributed by atoms with Gasteiger partial charge >= 0.3 is 0 Å². The summed E-state index contributed by atoms with van der Waals surface area (Å²) in [5.74, 6) is 0.517. The van der Waals surface area contributed by atoms with Gasteiger partial charge in [-0.1, -0.05) is 12.1 Å². The fourth-order valence-corrected chi connectivity index (χ4v) is 2.57. The van der Waals surface area contributed by atoms with Gasteiger partial charge in [-0.05, 0) is 24.3 Å². The number of anilines is 1. The molecule has 0 unspecified atom stereocenters. The van der Waals surface area contributed by atoms with Gasteiger partial charge in [0.2, 0.25) is 5.82 Å². The first kappa shape index (κ1) is 13.9. The van der Waals surface area contributed by atoms with Crippen LogP contribution in [0.25, 0.3) is 17.0 Å². The number of allylic oxidation sites excluding steroid dienone is 1. The number of hydrogen-bond acceptors (Lipinski definition) is 7. The fraction of sp³-hybridized carbons (Fsp3) is 0.0714. The van der Waals surface area contributed by atoms with Crippen molar-refractivity contribution in [1.29, 1.82) is 5.26 Å². The minimum absolute atomic E-state index is 0.489. The average Bonchev–Trinajstić information content (AvgIpc) is 3.20. The van der Waals surface area contributed by atoms with Crippen molar-refractivity contribution < 1.29 is 0 Å². The summed E-state index contributed by atoms with van der Waals surface area (Å²) >= 11 is 1.44. The Bertz CT molecular complexity index is 842. The van der Waals surface area contributed by atoms with E-state index in [9.17, 15) is 5.26 Å². The number of H-pyrrole nitrogens is 1. The molecule has 22 heavy (non-hydrogen) atoms. The quantitative estimate of drug-likeness (QED) is 0.718. The Morgan fingerprint density at radius 3 is 3.05 bits per heavy atom. The number of thiazole rings is 1. The smallest absolute Gasteiger partial charge is 0.204 e. The van der Waals surface area contributed by atoms with E-state index in [1.54, 1.807) is 6.20 Å². The normalized spacial score (nSPS) is 11.2. The van der Waals surface area contributed by atoms with Gasteiger partial charge in [-0.3, -0.25) is 0 Å². The van der Waals surface area contributed by atoms with Crippen molar-refractivity contribution in [2.45, 2.75) is 6.92 Å². The van der Waals surface area contributed by atoms with Gasteiger partial charge in [-0.2, -0.15) is 10.5 Å². The van der Waals surface area contributed by atoms with Crippen molar-refractivity contribution in [3.63, 3.8) is 0 Å². The van der Waals surface area contributed by atoms with Gasteiger partial charge in [0.15, 0.2) is 0 Å². The van der Waals surface area contributed by atoms with Crippen LogP contribution in [0.2, 0.25) is 0 Å². The Balaban J connectivity index is 1.82. The number of tetrazole rings is 1. The molecule has 3 rings (SSSR count). The summed E-state index contributed by atoms with van der Waals surface area (Å²) in [6, 6.07) is 9.68. The van der Waals surface area contributed by atoms with E-state index < -0.39 is 0 Å². The van der Waals surface area contributed by atoms with Gasteiger partial charge in [-0.15, -0.1) is 21.5 Å². The molecule has 108 valence electrons. The Morgan fingerprint density at radius 2 is 2.36 bits per heavy atom. The van der Waals surface area contributed by atoms with E-state index >= 15 is 0 Å². The summed E-state index contributed by atoms with van der Waals surface area (Å²) in [4.78, 5) is 4.31. The third-order valence-corrected chi connectivity index (χ3v) is 3.81. The standard InChI is InChI=1S/C14H11N7S/c1-9-8-22-14(17-9)11(6-15)7-16-12-4-2-3-10(5-12)13-18-20-21-19-13/h2-5,7-8,16H,1H3,(H,18,19,20,21)/b11-7+. The maximum Gasteiger partial charge on any atom is 0.204 e. The largest absolute Gasteiger partial charge is 0.360 e. The Labute approximate surface area is 130 Å². The van der Waals surface area contributed by atoms with Gasteiger partial charge in [-0.25, -0.2) is 4.98 Å². The summed E-state index contributed by atoms with van der Waals surface area (Å²) in [7, 11) is 0. The first-order valence-electron chi connectivity index (χ1n) is 6.39. The van der Waals surface area contributed by atoms with E-state index in [1.807, 2.05) is 36.6 Å². The van der Waals surface area contributed by atoms with Gasteiger partial charge in [0.05, 0.1) is 0 Å². The molecule has 0 saturated carbocycles. The van der Waals surface area contributed by atoms with Crippen LogP contribution in [0.15, 0.2) is 35.8 Å². The van der Waals surface area contributed by atoms with Crippen LogP contribution in [-0.4, -0.2) is 25.6 Å². The molecule has 2 aromatic heterocycles. The number of benzene rings is 1. The van der Waals surface area contributed by atoms with Crippen LogP contribution in [0.1, 0.15) is 10.7 Å². The Morgan fingerprint density at radius 1 is 1.45 bits per heavy atom. The zero-order valence-electron chi connectivity index (χ0n) is 11.6. The maximum absolute atomic E-state index is 9.25. The lowest BCUT2D eigenvalue weighted by molar-refractivity contribution is 0.881. The summed E-state index contributed by atoms with van der Waals surface area (Å²) in [5.41, 5.74) is 3.04. The molecule has 3 aromatic rings. The van der Waals surface area contributed by atoms with Crippen molar-refractivity contribution in [1.82, 2.24) is 25.6 Å². The number of aromatic amines is 1. The summed E-state index contributed by atoms with van der Waals surface area (Å²) in [5, 5.41) is 28.8. The van der Waals surface area contributed by atoms with E-state index in [-0.39, 0.29) is 0 Å². The molecule has 1 aromatic carbocycles. The molecular formula is C14H11N7S. The molecule has 0 bridgehead atoms. The number of nitrogens with zero attached hydrogens (tertiary/aromatic N) is 5. The summed E-state index contributed by atoms with van der Waals surface area (Å²) in [6.07, 6.45) is 1.65. The van der Waals surface area contributed by atoms with E-state index in [1.165, 1.54) is 11.3 Å². The molecular weight excluding hydrogens is 298 g/mol. The van der Waals surface area contributed by atoms with Gasteiger partial charge < -0.3 is 5.32 Å². The number of rotatable bonds is 4. The molecule has 0 radical (unpaired) electrons. The molecule has 0 fully saturated rings. The first-order valence-corrected chi connectivity index (χ1v) is 7.27. The van der Waals surface area contributed by atoms with E-state index in [0.717, 1.165) is 16.9 Å². The van der Waals surface area contributed by atoms with E-state index in [2.05, 4.69) is 37.0 Å². The molecule has 2 heterocycles. The Kier molecular flexibility index (Phi) is 3.89. The third kappa shape index (κ3) is 2.99. The van der Waals surface area contributed by atoms with E-state index in [0.29, 0.717) is 16.4 Å². The molecule has 0 spiro atoms. The van der Waals surface area contributed by atoms with Crippen LogP contribution in [0.4, 0.5) is 5.69 Å². The molecule has 0 saturated heterocycles. The topological polar surface area (TPSA) is 103 Å². The lowest BCUT2D eigenvalue weighted by atomic mass is 10.2. The summed E-state index contributed by atoms with van der Waals surface area (Å²) < 4.78 is 0. The van der Waals surface area contributed by atoms with Crippen LogP contribution in [0.5, 0.6) is 0 Å². The van der Waals surface area contributed by atoms with Crippen LogP contribution in [0, 0.1) is 18.3 Å². The van der Waals surface area contributed by atoms with Gasteiger partial charge in [0, 0.05) is 28.5 Å². The highest BCUT2D eigenvalue weighted by Crippen LogP contribution is 2.21. The highest BCUT2D eigenvalue weighted by molar-refractivity contribution is 7.10. The molecule has 0 aliphatic heterocycles. The number of nitrogens with one attached hydrogen (secondary N) is 2. The SMILES string of the molecule is Cc1csc(/C(C#N)=C/Nc2cccc(-c3nn[nH]n3)c2)n1. The van der Waals surface area contributed by atoms with Crippen molar-refractivity contribution in [2.24, 2.45) is 0 Å². The second-order valence-electron chi connectivity index (χ2n) is 4.42. The Hall–Kier alpha value is -3.05. The van der Waals surface area contributed by atoms with Crippen molar-refractivity contribution in [2.75, 3.05) is 5.32 Å². The van der Waals surface area contributed by atoms with Crippen LogP contribution in [0.3, 0.4) is 0 Å². The lowest BCUT2D eigenvalue weighted by Crippen LogP contribution is -1.92. The molecule has 0 atom stereocenters. The van der Waals surface area contributed by atoms with E-state index in [4.69, 9.17) is 0 Å². The number of aryl methyl sites for hydroxylation is 1. The van der Waals surface area contributed by atoms with Gasteiger partial charge in [0.1, 0.15) is 16.6 Å². The van der Waals surface area contributed by atoms with Crippen LogP contribution >= 0.6 is 11.3 Å². The maximum atomic E-state index is 9.25. The second-order valence-corrected chi connectivity index (χ2v) is 5.28. The predicted molar refractivity (Wildman–Crippen MR) is 83.7 cm³/mol. The fourth-order valence-electron chi connectivity index (χ4n) is 1.81. The molecule has 8 heteroatoms. The molecule has 0 amide bonds. The zero-order chi connectivity index (χ0) is 15.4. The van der Waals surface area contributed by atoms with Crippen LogP contribution in [-0.2, 0) is 0 Å². The molecule has 2 N–H and O–H groups in total. The second kappa shape index (κ2) is 6.15. The minimum Gasteiger partial charge on any atom is -0.360 e. The number of hydrogen-bond donors (Lipinski definition) is 2. The number of nitriles is 1. The highest BCUT2D eigenvalue weighted by atomic mass is 32.1. The van der Waals surface area contributed by atoms with Crippen molar-refractivity contribution >= 4 is 22.6 Å². The first-order chi connectivity index (χ1) is 10.8. The number of aromatic nitrogens is 5. The average molecular weight is 309 g/mol.